The third kappa shape index (κ3) is 1.65. The van der Waals surface area contributed by atoms with Crippen molar-refractivity contribution in [1.29, 1.82) is 0 Å². The van der Waals surface area contributed by atoms with E-state index in [-0.39, 0.29) is 0 Å². The van der Waals surface area contributed by atoms with Gasteiger partial charge in [-0.3, -0.25) is 4.99 Å². The van der Waals surface area contributed by atoms with Crippen molar-refractivity contribution in [2.45, 2.75) is 51.2 Å². The minimum atomic E-state index is 0.436. The molecule has 2 N–H and O–H groups in total. The summed E-state index contributed by atoms with van der Waals surface area (Å²) in [5, 5.41) is 7.04. The number of guanidine groups is 1. The molecule has 1 spiro atoms. The lowest BCUT2D eigenvalue weighted by Gasteiger charge is -2.63. The van der Waals surface area contributed by atoms with E-state index in [0.717, 1.165) is 25.5 Å². The SMILES string of the molecule is CCCNC(=NC)NC1C2CCOC2C12CCC2. The van der Waals surface area contributed by atoms with Crippen LogP contribution in [0.2, 0.25) is 0 Å². The van der Waals surface area contributed by atoms with Gasteiger partial charge in [0.1, 0.15) is 0 Å². The van der Waals surface area contributed by atoms with Gasteiger partial charge >= 0.3 is 0 Å². The zero-order valence-corrected chi connectivity index (χ0v) is 11.5. The minimum Gasteiger partial charge on any atom is -0.377 e. The Morgan fingerprint density at radius 2 is 2.28 bits per heavy atom. The van der Waals surface area contributed by atoms with E-state index in [2.05, 4.69) is 22.5 Å². The van der Waals surface area contributed by atoms with E-state index >= 15 is 0 Å². The fourth-order valence-electron chi connectivity index (χ4n) is 4.04. The molecule has 3 rings (SSSR count). The van der Waals surface area contributed by atoms with Crippen LogP contribution in [-0.2, 0) is 4.74 Å². The topological polar surface area (TPSA) is 45.7 Å². The fraction of sp³-hybridized carbons (Fsp3) is 0.929. The highest BCUT2D eigenvalue weighted by Crippen LogP contribution is 2.62. The number of fused-ring (bicyclic) bond motifs is 2. The van der Waals surface area contributed by atoms with Gasteiger partial charge < -0.3 is 15.4 Å². The van der Waals surface area contributed by atoms with Crippen LogP contribution >= 0.6 is 0 Å². The van der Waals surface area contributed by atoms with E-state index in [9.17, 15) is 0 Å². The predicted octanol–water partition coefficient (Wildman–Crippen LogP) is 1.52. The van der Waals surface area contributed by atoms with Gasteiger partial charge in [0.05, 0.1) is 6.10 Å². The van der Waals surface area contributed by atoms with Gasteiger partial charge in [-0.2, -0.15) is 0 Å². The molecule has 4 nitrogen and oxygen atoms in total. The molecule has 18 heavy (non-hydrogen) atoms. The number of hydrogen-bond donors (Lipinski definition) is 2. The van der Waals surface area contributed by atoms with Gasteiger partial charge in [0, 0.05) is 37.6 Å². The Bertz CT molecular complexity index is 338. The molecule has 0 bridgehead atoms. The average molecular weight is 251 g/mol. The van der Waals surface area contributed by atoms with Crippen LogP contribution in [0.5, 0.6) is 0 Å². The van der Waals surface area contributed by atoms with Gasteiger partial charge in [-0.25, -0.2) is 0 Å². The second kappa shape index (κ2) is 4.72. The van der Waals surface area contributed by atoms with E-state index in [1.807, 2.05) is 7.05 Å². The first kappa shape index (κ1) is 12.3. The lowest BCUT2D eigenvalue weighted by atomic mass is 9.46. The molecule has 3 unspecified atom stereocenters. The van der Waals surface area contributed by atoms with Gasteiger partial charge in [0.15, 0.2) is 5.96 Å². The summed E-state index contributed by atoms with van der Waals surface area (Å²) in [5.41, 5.74) is 0.436. The molecule has 3 atom stereocenters. The third-order valence-electron chi connectivity index (χ3n) is 5.09. The van der Waals surface area contributed by atoms with Crippen molar-refractivity contribution in [2.24, 2.45) is 16.3 Å². The molecule has 2 aliphatic carbocycles. The molecule has 102 valence electrons. The smallest absolute Gasteiger partial charge is 0.191 e. The predicted molar refractivity (Wildman–Crippen MR) is 72.7 cm³/mol. The quantitative estimate of drug-likeness (QED) is 0.590. The van der Waals surface area contributed by atoms with Gasteiger partial charge in [0.2, 0.25) is 0 Å². The maximum absolute atomic E-state index is 5.94. The highest BCUT2D eigenvalue weighted by molar-refractivity contribution is 5.80. The summed E-state index contributed by atoms with van der Waals surface area (Å²) in [5.74, 6) is 1.68. The minimum absolute atomic E-state index is 0.436. The van der Waals surface area contributed by atoms with Gasteiger partial charge in [-0.15, -0.1) is 0 Å². The van der Waals surface area contributed by atoms with Crippen LogP contribution in [0.3, 0.4) is 0 Å². The van der Waals surface area contributed by atoms with Crippen LogP contribution in [0.1, 0.15) is 39.0 Å². The normalized spacial score (nSPS) is 36.8. The Morgan fingerprint density at radius 1 is 1.44 bits per heavy atom. The average Bonchev–Trinajstić information content (AvgIpc) is 2.73. The molecule has 0 aromatic rings. The molecular formula is C14H25N3O. The summed E-state index contributed by atoms with van der Waals surface area (Å²) >= 11 is 0. The highest BCUT2D eigenvalue weighted by atomic mass is 16.5. The van der Waals surface area contributed by atoms with E-state index in [1.54, 1.807) is 0 Å². The first-order valence-corrected chi connectivity index (χ1v) is 7.40. The lowest BCUT2D eigenvalue weighted by molar-refractivity contribution is -0.171. The van der Waals surface area contributed by atoms with Crippen LogP contribution in [0.15, 0.2) is 4.99 Å². The second-order valence-corrected chi connectivity index (χ2v) is 5.95. The maximum atomic E-state index is 5.94. The molecule has 0 aromatic heterocycles. The lowest BCUT2D eigenvalue weighted by Crippen LogP contribution is -2.72. The fourth-order valence-corrected chi connectivity index (χ4v) is 4.04. The Morgan fingerprint density at radius 3 is 2.89 bits per heavy atom. The molecule has 1 heterocycles. The van der Waals surface area contributed by atoms with Gasteiger partial charge in [-0.05, 0) is 25.7 Å². The van der Waals surface area contributed by atoms with Gasteiger partial charge in [-0.1, -0.05) is 13.3 Å². The standard InChI is InChI=1S/C14H25N3O/c1-3-8-16-13(15-2)17-11-10-5-9-18-12(10)14(11)6-4-7-14/h10-12H,3-9H2,1-2H3,(H2,15,16,17). The van der Waals surface area contributed by atoms with E-state index < -0.39 is 0 Å². The first-order chi connectivity index (χ1) is 8.81. The number of hydrogen-bond acceptors (Lipinski definition) is 2. The largest absolute Gasteiger partial charge is 0.377 e. The number of rotatable bonds is 3. The summed E-state index contributed by atoms with van der Waals surface area (Å²) in [6.45, 7) is 4.12. The monoisotopic (exact) mass is 251 g/mol. The van der Waals surface area contributed by atoms with Crippen LogP contribution in [0, 0.1) is 11.3 Å². The number of aliphatic imine (C=N–C) groups is 1. The third-order valence-corrected chi connectivity index (χ3v) is 5.09. The Balaban J connectivity index is 1.64. The molecule has 1 saturated heterocycles. The summed E-state index contributed by atoms with van der Waals surface area (Å²) < 4.78 is 5.94. The molecular weight excluding hydrogens is 226 g/mol. The van der Waals surface area contributed by atoms with Crippen molar-refractivity contribution < 1.29 is 4.74 Å². The van der Waals surface area contributed by atoms with E-state index in [0.29, 0.717) is 23.5 Å². The molecule has 0 aromatic carbocycles. The Kier molecular flexibility index (Phi) is 3.22. The van der Waals surface area contributed by atoms with Crippen LogP contribution in [-0.4, -0.2) is 38.3 Å². The van der Waals surface area contributed by atoms with Crippen molar-refractivity contribution >= 4 is 5.96 Å². The molecule has 2 saturated carbocycles. The first-order valence-electron chi connectivity index (χ1n) is 7.40. The molecule has 0 radical (unpaired) electrons. The zero-order chi connectivity index (χ0) is 12.6. The van der Waals surface area contributed by atoms with Crippen molar-refractivity contribution in [3.05, 3.63) is 0 Å². The van der Waals surface area contributed by atoms with Crippen molar-refractivity contribution in [3.63, 3.8) is 0 Å². The number of nitrogens with one attached hydrogen (secondary N) is 2. The van der Waals surface area contributed by atoms with Gasteiger partial charge in [0.25, 0.3) is 0 Å². The van der Waals surface area contributed by atoms with E-state index in [4.69, 9.17) is 4.74 Å². The van der Waals surface area contributed by atoms with Crippen molar-refractivity contribution in [2.75, 3.05) is 20.2 Å². The molecule has 3 aliphatic rings. The molecule has 4 heteroatoms. The molecule has 1 aliphatic heterocycles. The van der Waals surface area contributed by atoms with Crippen LogP contribution in [0.25, 0.3) is 0 Å². The van der Waals surface area contributed by atoms with E-state index in [1.165, 1.54) is 25.7 Å². The maximum Gasteiger partial charge on any atom is 0.191 e. The summed E-state index contributed by atoms with van der Waals surface area (Å²) in [6, 6.07) is 0.585. The van der Waals surface area contributed by atoms with Crippen molar-refractivity contribution in [3.8, 4) is 0 Å². The van der Waals surface area contributed by atoms with Crippen LogP contribution < -0.4 is 10.6 Å². The Hall–Kier alpha value is -0.770. The molecule has 0 amide bonds. The summed E-state index contributed by atoms with van der Waals surface area (Å²) in [7, 11) is 1.86. The highest BCUT2D eigenvalue weighted by Gasteiger charge is 2.66. The molecule has 3 fully saturated rings. The zero-order valence-electron chi connectivity index (χ0n) is 11.5. The van der Waals surface area contributed by atoms with Crippen molar-refractivity contribution in [1.82, 2.24) is 10.6 Å². The second-order valence-electron chi connectivity index (χ2n) is 5.95. The number of nitrogens with zero attached hydrogens (tertiary/aromatic N) is 1. The van der Waals surface area contributed by atoms with Crippen LogP contribution in [0.4, 0.5) is 0 Å². The number of ether oxygens (including phenoxy) is 1. The summed E-state index contributed by atoms with van der Waals surface area (Å²) in [6.07, 6.45) is 6.91. The Labute approximate surface area is 110 Å². The summed E-state index contributed by atoms with van der Waals surface area (Å²) in [4.78, 5) is 4.34.